The number of aliphatic hydroxyl groups is 1. The molecule has 0 radical (unpaired) electrons. The van der Waals surface area contributed by atoms with Gasteiger partial charge in [0, 0.05) is 12.8 Å². The van der Waals surface area contributed by atoms with Crippen LogP contribution >= 0.6 is 0 Å². The zero-order valence-corrected chi connectivity index (χ0v) is 9.89. The number of pyridine rings is 1. The topological polar surface area (TPSA) is 66.1 Å². The summed E-state index contributed by atoms with van der Waals surface area (Å²) >= 11 is 0. The van der Waals surface area contributed by atoms with Crippen LogP contribution in [0, 0.1) is 23.7 Å². The first kappa shape index (κ1) is 12.0. The van der Waals surface area contributed by atoms with Crippen LogP contribution in [-0.2, 0) is 4.74 Å². The lowest BCUT2D eigenvalue weighted by Crippen LogP contribution is -2.36. The Labute approximate surface area is 101 Å². The molecule has 17 heavy (non-hydrogen) atoms. The SMILES string of the molecule is Cc1ccc(C(O)C2(C#N)CCCOC2)nc1. The lowest BCUT2D eigenvalue weighted by Gasteiger charge is -2.34. The van der Waals surface area contributed by atoms with Crippen LogP contribution in [-0.4, -0.2) is 23.3 Å². The van der Waals surface area contributed by atoms with E-state index in [0.29, 0.717) is 18.7 Å². The maximum Gasteiger partial charge on any atom is 0.117 e. The van der Waals surface area contributed by atoms with Gasteiger partial charge < -0.3 is 9.84 Å². The van der Waals surface area contributed by atoms with Gasteiger partial charge in [0.05, 0.1) is 18.4 Å². The maximum absolute atomic E-state index is 10.3. The minimum atomic E-state index is -0.881. The van der Waals surface area contributed by atoms with Crippen LogP contribution in [0.1, 0.15) is 30.2 Å². The fourth-order valence-electron chi connectivity index (χ4n) is 2.11. The molecule has 1 fully saturated rings. The molecule has 4 nitrogen and oxygen atoms in total. The highest BCUT2D eigenvalue weighted by molar-refractivity contribution is 5.19. The van der Waals surface area contributed by atoms with Gasteiger partial charge in [0.2, 0.25) is 0 Å². The van der Waals surface area contributed by atoms with Crippen molar-refractivity contribution >= 4 is 0 Å². The molecule has 1 N–H and O–H groups in total. The largest absolute Gasteiger partial charge is 0.385 e. The molecule has 1 aliphatic heterocycles. The summed E-state index contributed by atoms with van der Waals surface area (Å²) in [7, 11) is 0. The Bertz CT molecular complexity index is 416. The normalized spacial score (nSPS) is 26.2. The van der Waals surface area contributed by atoms with E-state index < -0.39 is 11.5 Å². The summed E-state index contributed by atoms with van der Waals surface area (Å²) in [4.78, 5) is 4.19. The Balaban J connectivity index is 2.25. The first-order chi connectivity index (χ1) is 8.18. The average molecular weight is 232 g/mol. The first-order valence-electron chi connectivity index (χ1n) is 5.77. The Hall–Kier alpha value is -1.44. The molecule has 4 heteroatoms. The summed E-state index contributed by atoms with van der Waals surface area (Å²) in [5, 5.41) is 19.6. The number of hydrogen-bond acceptors (Lipinski definition) is 4. The summed E-state index contributed by atoms with van der Waals surface area (Å²) in [5.41, 5.74) is 0.732. The van der Waals surface area contributed by atoms with E-state index in [9.17, 15) is 10.4 Å². The fourth-order valence-corrected chi connectivity index (χ4v) is 2.11. The highest BCUT2D eigenvalue weighted by atomic mass is 16.5. The highest BCUT2D eigenvalue weighted by Gasteiger charge is 2.41. The van der Waals surface area contributed by atoms with Gasteiger partial charge in [0.1, 0.15) is 11.5 Å². The van der Waals surface area contributed by atoms with Gasteiger partial charge in [-0.3, -0.25) is 4.98 Å². The molecule has 1 saturated heterocycles. The van der Waals surface area contributed by atoms with Crippen molar-refractivity contribution in [1.82, 2.24) is 4.98 Å². The molecule has 1 aliphatic rings. The second-order valence-corrected chi connectivity index (χ2v) is 4.59. The van der Waals surface area contributed by atoms with E-state index in [1.165, 1.54) is 0 Å². The second kappa shape index (κ2) is 4.82. The smallest absolute Gasteiger partial charge is 0.117 e. The third kappa shape index (κ3) is 2.31. The maximum atomic E-state index is 10.3. The zero-order chi connectivity index (χ0) is 12.3. The molecular formula is C13H16N2O2. The van der Waals surface area contributed by atoms with Crippen LogP contribution in [0.25, 0.3) is 0 Å². The molecule has 2 rings (SSSR count). The molecule has 0 bridgehead atoms. The number of rotatable bonds is 2. The highest BCUT2D eigenvalue weighted by Crippen LogP contribution is 2.39. The Morgan fingerprint density at radius 2 is 2.41 bits per heavy atom. The molecule has 2 unspecified atom stereocenters. The molecule has 0 saturated carbocycles. The van der Waals surface area contributed by atoms with Crippen LogP contribution in [0.15, 0.2) is 18.3 Å². The van der Waals surface area contributed by atoms with Crippen LogP contribution in [0.2, 0.25) is 0 Å². The zero-order valence-electron chi connectivity index (χ0n) is 9.89. The molecule has 1 aromatic rings. The van der Waals surface area contributed by atoms with E-state index in [-0.39, 0.29) is 6.61 Å². The van der Waals surface area contributed by atoms with Crippen molar-refractivity contribution in [2.24, 2.45) is 5.41 Å². The molecule has 2 heterocycles. The minimum Gasteiger partial charge on any atom is -0.385 e. The van der Waals surface area contributed by atoms with Crippen LogP contribution in [0.5, 0.6) is 0 Å². The second-order valence-electron chi connectivity index (χ2n) is 4.59. The van der Waals surface area contributed by atoms with E-state index in [0.717, 1.165) is 12.0 Å². The number of hydrogen-bond donors (Lipinski definition) is 1. The molecule has 0 spiro atoms. The van der Waals surface area contributed by atoms with Crippen molar-refractivity contribution in [1.29, 1.82) is 5.26 Å². The standard InChI is InChI=1S/C13H16N2O2/c1-10-3-4-11(15-7-10)12(16)13(8-14)5-2-6-17-9-13/h3-4,7,12,16H,2,5-6,9H2,1H3. The number of nitrogens with zero attached hydrogens (tertiary/aromatic N) is 2. The van der Waals surface area contributed by atoms with Crippen LogP contribution in [0.4, 0.5) is 0 Å². The number of aryl methyl sites for hydroxylation is 1. The molecule has 2 atom stereocenters. The number of aliphatic hydroxyl groups excluding tert-OH is 1. The van der Waals surface area contributed by atoms with Gasteiger partial charge in [-0.2, -0.15) is 5.26 Å². The van der Waals surface area contributed by atoms with Crippen molar-refractivity contribution < 1.29 is 9.84 Å². The van der Waals surface area contributed by atoms with Gasteiger partial charge in [-0.05, 0) is 31.4 Å². The molecule has 0 amide bonds. The van der Waals surface area contributed by atoms with Gasteiger partial charge in [-0.25, -0.2) is 0 Å². The number of nitriles is 1. The summed E-state index contributed by atoms with van der Waals surface area (Å²) in [6.07, 6.45) is 2.28. The van der Waals surface area contributed by atoms with Gasteiger partial charge >= 0.3 is 0 Å². The van der Waals surface area contributed by atoms with Crippen LogP contribution in [0.3, 0.4) is 0 Å². The quantitative estimate of drug-likeness (QED) is 0.843. The molecule has 0 aliphatic carbocycles. The monoisotopic (exact) mass is 232 g/mol. The Kier molecular flexibility index (Phi) is 3.41. The third-order valence-corrected chi connectivity index (χ3v) is 3.23. The van der Waals surface area contributed by atoms with Gasteiger partial charge in [0.15, 0.2) is 0 Å². The summed E-state index contributed by atoms with van der Waals surface area (Å²) < 4.78 is 5.33. The van der Waals surface area contributed by atoms with Gasteiger partial charge in [-0.1, -0.05) is 6.07 Å². The van der Waals surface area contributed by atoms with Crippen molar-refractivity contribution in [3.63, 3.8) is 0 Å². The average Bonchev–Trinajstić information content (AvgIpc) is 2.39. The third-order valence-electron chi connectivity index (χ3n) is 3.23. The van der Waals surface area contributed by atoms with Crippen LogP contribution < -0.4 is 0 Å². The fraction of sp³-hybridized carbons (Fsp3) is 0.538. The molecular weight excluding hydrogens is 216 g/mol. The molecule has 1 aromatic heterocycles. The van der Waals surface area contributed by atoms with E-state index >= 15 is 0 Å². The van der Waals surface area contributed by atoms with Gasteiger partial charge in [0.25, 0.3) is 0 Å². The van der Waals surface area contributed by atoms with Crippen molar-refractivity contribution in [2.45, 2.75) is 25.9 Å². The van der Waals surface area contributed by atoms with Crippen molar-refractivity contribution in [2.75, 3.05) is 13.2 Å². The summed E-state index contributed by atoms with van der Waals surface area (Å²) in [6, 6.07) is 5.88. The first-order valence-corrected chi connectivity index (χ1v) is 5.77. The number of ether oxygens (including phenoxy) is 1. The Morgan fingerprint density at radius 1 is 1.59 bits per heavy atom. The molecule has 90 valence electrons. The van der Waals surface area contributed by atoms with Crippen molar-refractivity contribution in [3.05, 3.63) is 29.6 Å². The number of aromatic nitrogens is 1. The van der Waals surface area contributed by atoms with E-state index in [4.69, 9.17) is 4.74 Å². The summed E-state index contributed by atoms with van der Waals surface area (Å²) in [6.45, 7) is 2.88. The lowest BCUT2D eigenvalue weighted by atomic mass is 9.77. The molecule has 0 aromatic carbocycles. The minimum absolute atomic E-state index is 0.278. The summed E-state index contributed by atoms with van der Waals surface area (Å²) in [5.74, 6) is 0. The Morgan fingerprint density at radius 3 is 2.94 bits per heavy atom. The predicted molar refractivity (Wildman–Crippen MR) is 62.0 cm³/mol. The van der Waals surface area contributed by atoms with E-state index in [1.807, 2.05) is 13.0 Å². The van der Waals surface area contributed by atoms with E-state index in [2.05, 4.69) is 11.1 Å². The lowest BCUT2D eigenvalue weighted by molar-refractivity contribution is -0.0521. The predicted octanol–water partition coefficient (Wildman–Crippen LogP) is 1.74. The van der Waals surface area contributed by atoms with Crippen molar-refractivity contribution in [3.8, 4) is 6.07 Å². The van der Waals surface area contributed by atoms with E-state index in [1.54, 1.807) is 12.3 Å². The van der Waals surface area contributed by atoms with Gasteiger partial charge in [-0.15, -0.1) is 0 Å².